The van der Waals surface area contributed by atoms with Gasteiger partial charge in [-0.3, -0.25) is 4.79 Å². The van der Waals surface area contributed by atoms with Crippen molar-refractivity contribution in [1.82, 2.24) is 9.88 Å². The second kappa shape index (κ2) is 7.91. The van der Waals surface area contributed by atoms with Crippen LogP contribution in [0.3, 0.4) is 0 Å². The summed E-state index contributed by atoms with van der Waals surface area (Å²) in [4.78, 5) is 25.1. The number of carbonyl (C=O) groups excluding carboxylic acids is 2. The highest BCUT2D eigenvalue weighted by molar-refractivity contribution is 7.09. The third-order valence-corrected chi connectivity index (χ3v) is 5.39. The fraction of sp³-hybridized carbons (Fsp3) is 0.400. The molecule has 1 fully saturated rings. The fourth-order valence-corrected chi connectivity index (χ4v) is 3.67. The second-order valence-corrected chi connectivity index (χ2v) is 7.67. The average Bonchev–Trinajstić information content (AvgIpc) is 3.20. The molecular formula is C20H24N2O3S. The highest BCUT2D eigenvalue weighted by atomic mass is 32.1. The normalized spacial score (nSPS) is 15.2. The van der Waals surface area contributed by atoms with Crippen molar-refractivity contribution in [3.05, 3.63) is 51.5 Å². The highest BCUT2D eigenvalue weighted by Gasteiger charge is 2.26. The Morgan fingerprint density at radius 3 is 2.85 bits per heavy atom. The summed E-state index contributed by atoms with van der Waals surface area (Å²) in [6.45, 7) is 6.17. The number of aromatic nitrogens is 1. The zero-order valence-corrected chi connectivity index (χ0v) is 16.1. The Morgan fingerprint density at radius 1 is 1.42 bits per heavy atom. The lowest BCUT2D eigenvalue weighted by molar-refractivity contribution is -0.150. The van der Waals surface area contributed by atoms with Crippen LogP contribution < -0.4 is 5.32 Å². The predicted octanol–water partition coefficient (Wildman–Crippen LogP) is 3.76. The molecule has 26 heavy (non-hydrogen) atoms. The van der Waals surface area contributed by atoms with Crippen molar-refractivity contribution in [2.75, 3.05) is 0 Å². The van der Waals surface area contributed by atoms with Crippen LogP contribution in [-0.4, -0.2) is 22.5 Å². The molecule has 1 atom stereocenters. The summed E-state index contributed by atoms with van der Waals surface area (Å²) in [7, 11) is 0. The van der Waals surface area contributed by atoms with E-state index in [0.29, 0.717) is 12.6 Å². The first-order valence-corrected chi connectivity index (χ1v) is 9.71. The van der Waals surface area contributed by atoms with E-state index in [1.807, 2.05) is 17.5 Å². The molecule has 0 aromatic carbocycles. The van der Waals surface area contributed by atoms with Crippen molar-refractivity contribution in [2.45, 2.75) is 52.3 Å². The number of thiophene rings is 1. The van der Waals surface area contributed by atoms with Gasteiger partial charge >= 0.3 is 5.97 Å². The van der Waals surface area contributed by atoms with Crippen molar-refractivity contribution in [1.29, 1.82) is 0 Å². The van der Waals surface area contributed by atoms with Crippen LogP contribution in [0.2, 0.25) is 0 Å². The van der Waals surface area contributed by atoms with Gasteiger partial charge in [0, 0.05) is 28.4 Å². The first-order chi connectivity index (χ1) is 12.5. The molecule has 6 heteroatoms. The Balaban J connectivity index is 1.52. The summed E-state index contributed by atoms with van der Waals surface area (Å²) in [5.74, 6) is -0.813. The Kier molecular flexibility index (Phi) is 5.61. The Morgan fingerprint density at radius 2 is 2.19 bits per heavy atom. The van der Waals surface area contributed by atoms with E-state index in [2.05, 4.69) is 29.8 Å². The van der Waals surface area contributed by atoms with Gasteiger partial charge in [-0.05, 0) is 62.8 Å². The molecule has 1 N–H and O–H groups in total. The second-order valence-electron chi connectivity index (χ2n) is 6.64. The minimum atomic E-state index is -0.828. The molecule has 3 rings (SSSR count). The summed E-state index contributed by atoms with van der Waals surface area (Å²) in [6.07, 6.45) is 4.77. The summed E-state index contributed by atoms with van der Waals surface area (Å²) in [5.41, 5.74) is 3.39. The molecule has 2 aromatic rings. The number of aryl methyl sites for hydroxylation is 1. The molecule has 1 amide bonds. The molecule has 0 aliphatic heterocycles. The number of rotatable bonds is 7. The molecule has 5 nitrogen and oxygen atoms in total. The van der Waals surface area contributed by atoms with E-state index in [-0.39, 0.29) is 5.91 Å². The van der Waals surface area contributed by atoms with E-state index >= 15 is 0 Å². The maximum absolute atomic E-state index is 12.0. The number of nitrogens with one attached hydrogen (secondary N) is 1. The van der Waals surface area contributed by atoms with Gasteiger partial charge in [-0.1, -0.05) is 6.07 Å². The SMILES string of the molecule is Cc1cc(/C=C/C(=O)O[C@@H](C)C(=O)NCc2cccs2)c(C)n1C1CC1. The first kappa shape index (κ1) is 18.5. The minimum Gasteiger partial charge on any atom is -0.449 e. The van der Waals surface area contributed by atoms with Crippen LogP contribution in [0.1, 0.15) is 47.6 Å². The monoisotopic (exact) mass is 372 g/mol. The largest absolute Gasteiger partial charge is 0.449 e. The van der Waals surface area contributed by atoms with Gasteiger partial charge in [0.25, 0.3) is 5.91 Å². The summed E-state index contributed by atoms with van der Waals surface area (Å²) in [6, 6.07) is 6.56. The summed E-state index contributed by atoms with van der Waals surface area (Å²) < 4.78 is 7.52. The minimum absolute atomic E-state index is 0.299. The smallest absolute Gasteiger partial charge is 0.331 e. The lowest BCUT2D eigenvalue weighted by Crippen LogP contribution is -2.34. The number of hydrogen-bond donors (Lipinski definition) is 1. The molecule has 2 heterocycles. The zero-order chi connectivity index (χ0) is 18.7. The average molecular weight is 372 g/mol. The Hall–Kier alpha value is -2.34. The molecular weight excluding hydrogens is 348 g/mol. The molecule has 1 aliphatic carbocycles. The Bertz CT molecular complexity index is 816. The number of ether oxygens (including phenoxy) is 1. The van der Waals surface area contributed by atoms with E-state index in [9.17, 15) is 9.59 Å². The van der Waals surface area contributed by atoms with Crippen molar-refractivity contribution >= 4 is 29.3 Å². The molecule has 0 radical (unpaired) electrons. The fourth-order valence-electron chi connectivity index (χ4n) is 3.02. The van der Waals surface area contributed by atoms with Crippen LogP contribution in [0.15, 0.2) is 29.7 Å². The third-order valence-electron chi connectivity index (χ3n) is 4.51. The number of nitrogens with zero attached hydrogens (tertiary/aromatic N) is 1. The topological polar surface area (TPSA) is 60.3 Å². The van der Waals surface area contributed by atoms with Crippen LogP contribution in [0, 0.1) is 13.8 Å². The van der Waals surface area contributed by atoms with Gasteiger partial charge in [-0.2, -0.15) is 0 Å². The van der Waals surface area contributed by atoms with E-state index in [0.717, 1.165) is 16.1 Å². The van der Waals surface area contributed by atoms with Crippen LogP contribution in [-0.2, 0) is 20.9 Å². The molecule has 1 aliphatic rings. The molecule has 0 bridgehead atoms. The van der Waals surface area contributed by atoms with Gasteiger partial charge in [0.2, 0.25) is 0 Å². The van der Waals surface area contributed by atoms with E-state index < -0.39 is 12.1 Å². The van der Waals surface area contributed by atoms with Crippen LogP contribution >= 0.6 is 11.3 Å². The third kappa shape index (κ3) is 4.43. The van der Waals surface area contributed by atoms with E-state index in [1.54, 1.807) is 24.3 Å². The number of hydrogen-bond acceptors (Lipinski definition) is 4. The molecule has 0 saturated heterocycles. The van der Waals surface area contributed by atoms with E-state index in [1.165, 1.54) is 24.6 Å². The zero-order valence-electron chi connectivity index (χ0n) is 15.3. The summed E-state index contributed by atoms with van der Waals surface area (Å²) >= 11 is 1.57. The van der Waals surface area contributed by atoms with Crippen molar-refractivity contribution in [3.63, 3.8) is 0 Å². The van der Waals surface area contributed by atoms with Crippen LogP contribution in [0.5, 0.6) is 0 Å². The highest BCUT2D eigenvalue weighted by Crippen LogP contribution is 2.38. The molecule has 0 unspecified atom stereocenters. The maximum Gasteiger partial charge on any atom is 0.331 e. The Labute approximate surface area is 157 Å². The van der Waals surface area contributed by atoms with Crippen LogP contribution in [0.4, 0.5) is 0 Å². The number of amides is 1. The quantitative estimate of drug-likeness (QED) is 0.595. The van der Waals surface area contributed by atoms with Gasteiger partial charge in [-0.25, -0.2) is 4.79 Å². The molecule has 138 valence electrons. The standard InChI is InChI=1S/C20H24N2O3S/c1-13-11-16(14(2)22(13)17-7-8-17)6-9-19(23)25-15(3)20(24)21-12-18-5-4-10-26-18/h4-6,9-11,15,17H,7-8,12H2,1-3H3,(H,21,24)/b9-6+/t15-/m0/s1. The lowest BCUT2D eigenvalue weighted by atomic mass is 10.2. The van der Waals surface area contributed by atoms with Crippen molar-refractivity contribution in [2.24, 2.45) is 0 Å². The maximum atomic E-state index is 12.0. The number of esters is 1. The van der Waals surface area contributed by atoms with Gasteiger partial charge in [0.1, 0.15) is 0 Å². The van der Waals surface area contributed by atoms with Gasteiger partial charge in [-0.15, -0.1) is 11.3 Å². The molecule has 0 spiro atoms. The first-order valence-electron chi connectivity index (χ1n) is 8.83. The van der Waals surface area contributed by atoms with Crippen molar-refractivity contribution in [3.8, 4) is 0 Å². The number of carbonyl (C=O) groups is 2. The van der Waals surface area contributed by atoms with Gasteiger partial charge < -0.3 is 14.6 Å². The molecule has 1 saturated carbocycles. The van der Waals surface area contributed by atoms with Crippen LogP contribution in [0.25, 0.3) is 6.08 Å². The van der Waals surface area contributed by atoms with Gasteiger partial charge in [0.15, 0.2) is 6.10 Å². The molecule has 2 aromatic heterocycles. The predicted molar refractivity (Wildman–Crippen MR) is 103 cm³/mol. The lowest BCUT2D eigenvalue weighted by Gasteiger charge is -2.11. The van der Waals surface area contributed by atoms with E-state index in [4.69, 9.17) is 4.74 Å². The van der Waals surface area contributed by atoms with Crippen molar-refractivity contribution < 1.29 is 14.3 Å². The van der Waals surface area contributed by atoms with Gasteiger partial charge in [0.05, 0.1) is 6.54 Å². The summed E-state index contributed by atoms with van der Waals surface area (Å²) in [5, 5.41) is 4.72.